The van der Waals surface area contributed by atoms with Gasteiger partial charge in [-0.2, -0.15) is 0 Å². The lowest BCUT2D eigenvalue weighted by atomic mass is 9.89. The van der Waals surface area contributed by atoms with Crippen molar-refractivity contribution in [2.24, 2.45) is 0 Å². The standard InChI is InChI=1S/C21H20FN3O/c1-12-18(26-25-19(12)21(2,3)4)20-23-16-10-9-13(11-17(16)24-20)14-7-5-6-8-15(14)22/h5-11H,1-4H3,(H,23,24). The van der Waals surface area contributed by atoms with Crippen molar-refractivity contribution < 1.29 is 8.91 Å². The Morgan fingerprint density at radius 3 is 2.54 bits per heavy atom. The molecule has 2 heterocycles. The van der Waals surface area contributed by atoms with Crippen LogP contribution in [-0.2, 0) is 5.41 Å². The van der Waals surface area contributed by atoms with Gasteiger partial charge < -0.3 is 9.51 Å². The van der Waals surface area contributed by atoms with Crippen LogP contribution in [0.3, 0.4) is 0 Å². The lowest BCUT2D eigenvalue weighted by Gasteiger charge is -2.14. The lowest BCUT2D eigenvalue weighted by molar-refractivity contribution is 0.401. The molecule has 0 fully saturated rings. The molecule has 0 amide bonds. The molecule has 132 valence electrons. The van der Waals surface area contributed by atoms with Gasteiger partial charge in [-0.1, -0.05) is 50.2 Å². The zero-order valence-electron chi connectivity index (χ0n) is 15.2. The maximum absolute atomic E-state index is 14.1. The van der Waals surface area contributed by atoms with Crippen molar-refractivity contribution in [3.05, 3.63) is 59.5 Å². The van der Waals surface area contributed by atoms with Gasteiger partial charge in [0.05, 0.1) is 16.7 Å². The van der Waals surface area contributed by atoms with Gasteiger partial charge in [-0.3, -0.25) is 0 Å². The van der Waals surface area contributed by atoms with Gasteiger partial charge in [-0.15, -0.1) is 0 Å². The molecule has 0 saturated carbocycles. The molecule has 1 N–H and O–H groups in total. The van der Waals surface area contributed by atoms with Gasteiger partial charge in [0.2, 0.25) is 5.76 Å². The second-order valence-electron chi connectivity index (χ2n) is 7.53. The molecular weight excluding hydrogens is 329 g/mol. The third-order valence-electron chi connectivity index (χ3n) is 4.52. The van der Waals surface area contributed by atoms with Crippen LogP contribution in [0.25, 0.3) is 33.7 Å². The van der Waals surface area contributed by atoms with Crippen molar-refractivity contribution in [3.8, 4) is 22.7 Å². The maximum Gasteiger partial charge on any atom is 0.205 e. The Hall–Kier alpha value is -2.95. The van der Waals surface area contributed by atoms with E-state index in [1.165, 1.54) is 6.07 Å². The molecule has 4 aromatic rings. The Morgan fingerprint density at radius 1 is 1.08 bits per heavy atom. The molecule has 26 heavy (non-hydrogen) atoms. The number of nitrogens with one attached hydrogen (secondary N) is 1. The summed E-state index contributed by atoms with van der Waals surface area (Å²) >= 11 is 0. The average Bonchev–Trinajstić information content (AvgIpc) is 3.17. The van der Waals surface area contributed by atoms with E-state index >= 15 is 0 Å². The molecule has 2 aromatic heterocycles. The highest BCUT2D eigenvalue weighted by Crippen LogP contribution is 2.33. The third-order valence-corrected chi connectivity index (χ3v) is 4.52. The van der Waals surface area contributed by atoms with Crippen molar-refractivity contribution in [3.63, 3.8) is 0 Å². The third kappa shape index (κ3) is 2.69. The highest BCUT2D eigenvalue weighted by molar-refractivity contribution is 5.84. The number of rotatable bonds is 2. The molecule has 0 saturated heterocycles. The van der Waals surface area contributed by atoms with E-state index < -0.39 is 0 Å². The maximum atomic E-state index is 14.1. The normalized spacial score (nSPS) is 12.0. The fraction of sp³-hybridized carbons (Fsp3) is 0.238. The first-order valence-electron chi connectivity index (χ1n) is 8.56. The van der Waals surface area contributed by atoms with E-state index in [0.29, 0.717) is 17.1 Å². The molecule has 0 aliphatic rings. The first-order valence-corrected chi connectivity index (χ1v) is 8.56. The van der Waals surface area contributed by atoms with E-state index in [0.717, 1.165) is 27.9 Å². The minimum absolute atomic E-state index is 0.101. The fourth-order valence-corrected chi connectivity index (χ4v) is 3.24. The van der Waals surface area contributed by atoms with Crippen LogP contribution in [0.15, 0.2) is 47.0 Å². The SMILES string of the molecule is Cc1c(C(C)(C)C)noc1-c1nc2ccc(-c3ccccc3F)cc2[nH]1. The highest BCUT2D eigenvalue weighted by Gasteiger charge is 2.25. The molecule has 0 spiro atoms. The Kier molecular flexibility index (Phi) is 3.68. The van der Waals surface area contributed by atoms with Crippen molar-refractivity contribution in [1.29, 1.82) is 0 Å². The summed E-state index contributed by atoms with van der Waals surface area (Å²) in [4.78, 5) is 7.89. The Bertz CT molecular complexity index is 1100. The lowest BCUT2D eigenvalue weighted by Crippen LogP contribution is -2.13. The van der Waals surface area contributed by atoms with Crippen LogP contribution in [0.4, 0.5) is 4.39 Å². The minimum Gasteiger partial charge on any atom is -0.352 e. The molecule has 4 nitrogen and oxygen atoms in total. The summed E-state index contributed by atoms with van der Waals surface area (Å²) in [6, 6.07) is 12.4. The Morgan fingerprint density at radius 2 is 1.85 bits per heavy atom. The van der Waals surface area contributed by atoms with E-state index in [9.17, 15) is 4.39 Å². The summed E-state index contributed by atoms with van der Waals surface area (Å²) in [5.41, 5.74) is 4.79. The minimum atomic E-state index is -0.243. The van der Waals surface area contributed by atoms with Gasteiger partial charge >= 0.3 is 0 Å². The number of fused-ring (bicyclic) bond motifs is 1. The quantitative estimate of drug-likeness (QED) is 0.510. The second kappa shape index (κ2) is 5.80. The summed E-state index contributed by atoms with van der Waals surface area (Å²) in [5, 5.41) is 4.23. The molecule has 0 atom stereocenters. The number of imidazole rings is 1. The number of H-pyrrole nitrogens is 1. The van der Waals surface area contributed by atoms with Crippen LogP contribution in [0.5, 0.6) is 0 Å². The fourth-order valence-electron chi connectivity index (χ4n) is 3.24. The van der Waals surface area contributed by atoms with Gasteiger partial charge in [-0.25, -0.2) is 9.37 Å². The van der Waals surface area contributed by atoms with Crippen LogP contribution in [0.2, 0.25) is 0 Å². The second-order valence-corrected chi connectivity index (χ2v) is 7.53. The summed E-state index contributed by atoms with van der Waals surface area (Å²) in [6.45, 7) is 8.28. The predicted molar refractivity (Wildman–Crippen MR) is 100 cm³/mol. The molecule has 0 bridgehead atoms. The number of aromatic amines is 1. The summed E-state index contributed by atoms with van der Waals surface area (Å²) in [5.74, 6) is 1.03. The predicted octanol–water partition coefficient (Wildman–Crippen LogP) is 5.63. The molecule has 0 aliphatic heterocycles. The molecule has 0 unspecified atom stereocenters. The Balaban J connectivity index is 1.80. The van der Waals surface area contributed by atoms with E-state index in [1.54, 1.807) is 12.1 Å². The number of benzene rings is 2. The highest BCUT2D eigenvalue weighted by atomic mass is 19.1. The monoisotopic (exact) mass is 349 g/mol. The molecule has 5 heteroatoms. The van der Waals surface area contributed by atoms with Crippen LogP contribution in [-0.4, -0.2) is 15.1 Å². The Labute approximate surface area is 151 Å². The molecule has 0 aliphatic carbocycles. The van der Waals surface area contributed by atoms with E-state index in [-0.39, 0.29) is 11.2 Å². The molecule has 2 aromatic carbocycles. The van der Waals surface area contributed by atoms with Crippen molar-refractivity contribution in [2.45, 2.75) is 33.1 Å². The van der Waals surface area contributed by atoms with Crippen LogP contribution in [0.1, 0.15) is 32.0 Å². The number of hydrogen-bond donors (Lipinski definition) is 1. The number of hydrogen-bond acceptors (Lipinski definition) is 3. The molecule has 4 rings (SSSR count). The average molecular weight is 349 g/mol. The van der Waals surface area contributed by atoms with Gasteiger partial charge in [0.15, 0.2) is 5.82 Å². The molecule has 0 radical (unpaired) electrons. The summed E-state index contributed by atoms with van der Waals surface area (Å²) in [7, 11) is 0. The van der Waals surface area contributed by atoms with Crippen molar-refractivity contribution in [1.82, 2.24) is 15.1 Å². The van der Waals surface area contributed by atoms with Gasteiger partial charge in [-0.05, 0) is 30.7 Å². The first-order chi connectivity index (χ1) is 12.3. The van der Waals surface area contributed by atoms with Crippen LogP contribution >= 0.6 is 0 Å². The zero-order chi connectivity index (χ0) is 18.5. The van der Waals surface area contributed by atoms with E-state index in [2.05, 4.69) is 35.9 Å². The van der Waals surface area contributed by atoms with Crippen LogP contribution < -0.4 is 0 Å². The number of nitrogens with zero attached hydrogens (tertiary/aromatic N) is 2. The van der Waals surface area contributed by atoms with E-state index in [1.807, 2.05) is 31.2 Å². The smallest absolute Gasteiger partial charge is 0.205 e. The molecular formula is C21H20FN3O. The first kappa shape index (κ1) is 16.5. The van der Waals surface area contributed by atoms with Gasteiger partial charge in [0, 0.05) is 16.5 Å². The van der Waals surface area contributed by atoms with E-state index in [4.69, 9.17) is 4.52 Å². The summed E-state index contributed by atoms with van der Waals surface area (Å²) in [6.07, 6.45) is 0. The van der Waals surface area contributed by atoms with Crippen molar-refractivity contribution >= 4 is 11.0 Å². The van der Waals surface area contributed by atoms with Crippen LogP contribution in [0, 0.1) is 12.7 Å². The zero-order valence-corrected chi connectivity index (χ0v) is 15.2. The summed E-state index contributed by atoms with van der Waals surface area (Å²) < 4.78 is 19.6. The van der Waals surface area contributed by atoms with Crippen molar-refractivity contribution in [2.75, 3.05) is 0 Å². The van der Waals surface area contributed by atoms with Gasteiger partial charge in [0.1, 0.15) is 5.82 Å². The largest absolute Gasteiger partial charge is 0.352 e. The van der Waals surface area contributed by atoms with Gasteiger partial charge in [0.25, 0.3) is 0 Å². The number of aromatic nitrogens is 3. The topological polar surface area (TPSA) is 54.7 Å². The number of halogens is 1.